The van der Waals surface area contributed by atoms with E-state index in [9.17, 15) is 13.2 Å². The van der Waals surface area contributed by atoms with Crippen molar-refractivity contribution in [1.82, 2.24) is 14.3 Å². The van der Waals surface area contributed by atoms with Crippen molar-refractivity contribution in [2.75, 3.05) is 13.6 Å². The molecule has 4 rings (SSSR count). The van der Waals surface area contributed by atoms with Gasteiger partial charge in [0.15, 0.2) is 0 Å². The number of likely N-dealkylation sites (tertiary alicyclic amines) is 1. The maximum absolute atomic E-state index is 13.4. The molecule has 0 unspecified atom stereocenters. The number of hydrogen-bond acceptors (Lipinski definition) is 2. The molecule has 6 heteroatoms. The normalized spacial score (nSPS) is 19.0. The molecule has 3 heterocycles. The summed E-state index contributed by atoms with van der Waals surface area (Å²) in [7, 11) is 2.06. The monoisotopic (exact) mass is 345 g/mol. The molecule has 0 saturated carbocycles. The maximum Gasteiger partial charge on any atom is 0.417 e. The Labute approximate surface area is 143 Å². The lowest BCUT2D eigenvalue weighted by molar-refractivity contribution is -0.137. The Kier molecular flexibility index (Phi) is 3.80. The maximum atomic E-state index is 13.4. The first-order chi connectivity index (χ1) is 11.9. The van der Waals surface area contributed by atoms with Crippen LogP contribution in [0.25, 0.3) is 16.8 Å². The summed E-state index contributed by atoms with van der Waals surface area (Å²) in [5, 5.41) is 0. The van der Waals surface area contributed by atoms with Gasteiger partial charge in [-0.2, -0.15) is 13.2 Å². The van der Waals surface area contributed by atoms with Gasteiger partial charge in [0.05, 0.1) is 17.3 Å². The summed E-state index contributed by atoms with van der Waals surface area (Å²) in [6, 6.07) is 9.36. The Bertz CT molecular complexity index is 914. The van der Waals surface area contributed by atoms with Gasteiger partial charge in [-0.05, 0) is 50.2 Å². The number of rotatable bonds is 2. The Morgan fingerprint density at radius 2 is 1.84 bits per heavy atom. The standard InChI is InChI=1S/C19H18F3N3/c1-24-10-5-9-17(24)16-12-25-11-4-7-14(18(25)23-16)13-6-2-3-8-15(13)19(20,21)22/h2-4,6-8,11-12,17H,5,9-10H2,1H3/t17-/m0/s1. The number of hydrogen-bond donors (Lipinski definition) is 0. The highest BCUT2D eigenvalue weighted by Gasteiger charge is 2.34. The smallest absolute Gasteiger partial charge is 0.306 e. The molecule has 0 radical (unpaired) electrons. The number of nitrogens with zero attached hydrogens (tertiary/aromatic N) is 3. The van der Waals surface area contributed by atoms with Gasteiger partial charge in [-0.3, -0.25) is 4.90 Å². The highest BCUT2D eigenvalue weighted by atomic mass is 19.4. The van der Waals surface area contributed by atoms with Gasteiger partial charge in [0, 0.05) is 18.0 Å². The predicted octanol–water partition coefficient (Wildman–Crippen LogP) is 4.79. The third-order valence-corrected chi connectivity index (χ3v) is 4.89. The van der Waals surface area contributed by atoms with Crippen molar-refractivity contribution in [3.8, 4) is 11.1 Å². The first-order valence-electron chi connectivity index (χ1n) is 8.29. The van der Waals surface area contributed by atoms with Crippen LogP contribution in [0.1, 0.15) is 30.1 Å². The second kappa shape index (κ2) is 5.88. The van der Waals surface area contributed by atoms with Crippen LogP contribution in [0.2, 0.25) is 0 Å². The minimum atomic E-state index is -4.40. The van der Waals surface area contributed by atoms with Crippen LogP contribution in [0, 0.1) is 0 Å². The number of fused-ring (bicyclic) bond motifs is 1. The van der Waals surface area contributed by atoms with E-state index in [1.54, 1.807) is 18.2 Å². The number of halogens is 3. The SMILES string of the molecule is CN1CCC[C@H]1c1cn2cccc(-c3ccccc3C(F)(F)F)c2n1. The van der Waals surface area contributed by atoms with Gasteiger partial charge >= 0.3 is 6.18 Å². The lowest BCUT2D eigenvalue weighted by atomic mass is 10.0. The van der Waals surface area contributed by atoms with Crippen molar-refractivity contribution < 1.29 is 13.2 Å². The zero-order valence-electron chi connectivity index (χ0n) is 13.8. The summed E-state index contributed by atoms with van der Waals surface area (Å²) in [5.74, 6) is 0. The lowest BCUT2D eigenvalue weighted by Gasteiger charge is -2.16. The number of aromatic nitrogens is 2. The summed E-state index contributed by atoms with van der Waals surface area (Å²) >= 11 is 0. The molecule has 25 heavy (non-hydrogen) atoms. The minimum Gasteiger partial charge on any atom is -0.306 e. The molecule has 130 valence electrons. The summed E-state index contributed by atoms with van der Waals surface area (Å²) in [5.41, 5.74) is 1.51. The van der Waals surface area contributed by atoms with E-state index < -0.39 is 11.7 Å². The Balaban J connectivity index is 1.88. The second-order valence-electron chi connectivity index (χ2n) is 6.50. The predicted molar refractivity (Wildman–Crippen MR) is 90.2 cm³/mol. The van der Waals surface area contributed by atoms with Gasteiger partial charge in [-0.25, -0.2) is 4.98 Å². The molecule has 0 N–H and O–H groups in total. The van der Waals surface area contributed by atoms with Crippen molar-refractivity contribution in [1.29, 1.82) is 0 Å². The van der Waals surface area contributed by atoms with Crippen molar-refractivity contribution in [2.24, 2.45) is 0 Å². The molecule has 1 fully saturated rings. The molecule has 1 aliphatic heterocycles. The largest absolute Gasteiger partial charge is 0.417 e. The average molecular weight is 345 g/mol. The van der Waals surface area contributed by atoms with Crippen LogP contribution in [0.3, 0.4) is 0 Å². The molecule has 1 atom stereocenters. The summed E-state index contributed by atoms with van der Waals surface area (Å²) in [6.45, 7) is 1.02. The van der Waals surface area contributed by atoms with E-state index >= 15 is 0 Å². The van der Waals surface area contributed by atoms with Crippen molar-refractivity contribution in [3.63, 3.8) is 0 Å². The highest BCUT2D eigenvalue weighted by Crippen LogP contribution is 2.38. The van der Waals surface area contributed by atoms with Crippen molar-refractivity contribution in [2.45, 2.75) is 25.1 Å². The molecule has 3 aromatic rings. The fourth-order valence-electron chi connectivity index (χ4n) is 3.65. The summed E-state index contributed by atoms with van der Waals surface area (Å²) in [4.78, 5) is 6.94. The molecule has 3 nitrogen and oxygen atoms in total. The van der Waals surface area contributed by atoms with Gasteiger partial charge in [-0.1, -0.05) is 18.2 Å². The minimum absolute atomic E-state index is 0.164. The molecular weight excluding hydrogens is 327 g/mol. The van der Waals surface area contributed by atoms with E-state index in [-0.39, 0.29) is 11.6 Å². The lowest BCUT2D eigenvalue weighted by Crippen LogP contribution is -2.17. The van der Waals surface area contributed by atoms with E-state index in [2.05, 4.69) is 11.9 Å². The van der Waals surface area contributed by atoms with Gasteiger partial charge in [0.2, 0.25) is 0 Å². The van der Waals surface area contributed by atoms with Crippen LogP contribution in [-0.2, 0) is 6.18 Å². The van der Waals surface area contributed by atoms with E-state index in [0.717, 1.165) is 31.1 Å². The zero-order chi connectivity index (χ0) is 17.6. The first-order valence-corrected chi connectivity index (χ1v) is 8.29. The third kappa shape index (κ3) is 2.80. The number of pyridine rings is 1. The first kappa shape index (κ1) is 16.1. The molecule has 0 amide bonds. The topological polar surface area (TPSA) is 20.5 Å². The average Bonchev–Trinajstić information content (AvgIpc) is 3.19. The van der Waals surface area contributed by atoms with Gasteiger partial charge in [0.25, 0.3) is 0 Å². The van der Waals surface area contributed by atoms with Crippen LogP contribution in [0.5, 0.6) is 0 Å². The summed E-state index contributed by atoms with van der Waals surface area (Å²) in [6.07, 6.45) is 1.50. The van der Waals surface area contributed by atoms with Crippen molar-refractivity contribution >= 4 is 5.65 Å². The molecule has 0 bridgehead atoms. The fourth-order valence-corrected chi connectivity index (χ4v) is 3.65. The molecular formula is C19H18F3N3. The van der Waals surface area contributed by atoms with Crippen LogP contribution < -0.4 is 0 Å². The highest BCUT2D eigenvalue weighted by molar-refractivity contribution is 5.80. The molecule has 2 aromatic heterocycles. The molecule has 1 aromatic carbocycles. The molecule has 1 saturated heterocycles. The Morgan fingerprint density at radius 1 is 1.08 bits per heavy atom. The van der Waals surface area contributed by atoms with Crippen LogP contribution >= 0.6 is 0 Å². The fraction of sp³-hybridized carbons (Fsp3) is 0.316. The Morgan fingerprint density at radius 3 is 2.56 bits per heavy atom. The van der Waals surface area contributed by atoms with Gasteiger partial charge in [-0.15, -0.1) is 0 Å². The van der Waals surface area contributed by atoms with Crippen molar-refractivity contribution in [3.05, 3.63) is 60.0 Å². The quantitative estimate of drug-likeness (QED) is 0.666. The van der Waals surface area contributed by atoms with E-state index in [1.807, 2.05) is 16.8 Å². The van der Waals surface area contributed by atoms with Crippen LogP contribution in [0.4, 0.5) is 13.2 Å². The number of benzene rings is 1. The summed E-state index contributed by atoms with van der Waals surface area (Å²) < 4.78 is 42.0. The van der Waals surface area contributed by atoms with Crippen LogP contribution in [0.15, 0.2) is 48.8 Å². The molecule has 1 aliphatic rings. The Hall–Kier alpha value is -2.34. The number of imidazole rings is 1. The van der Waals surface area contributed by atoms with Gasteiger partial charge < -0.3 is 4.40 Å². The van der Waals surface area contributed by atoms with Gasteiger partial charge in [0.1, 0.15) is 5.65 Å². The van der Waals surface area contributed by atoms with E-state index in [0.29, 0.717) is 11.2 Å². The second-order valence-corrected chi connectivity index (χ2v) is 6.50. The zero-order valence-corrected chi connectivity index (χ0v) is 13.8. The number of alkyl halides is 3. The van der Waals surface area contributed by atoms with E-state index in [4.69, 9.17) is 4.98 Å². The van der Waals surface area contributed by atoms with Crippen LogP contribution in [-0.4, -0.2) is 27.9 Å². The molecule has 0 aliphatic carbocycles. The third-order valence-electron chi connectivity index (χ3n) is 4.89. The van der Waals surface area contributed by atoms with E-state index in [1.165, 1.54) is 12.1 Å². The molecule has 0 spiro atoms.